The van der Waals surface area contributed by atoms with Crippen molar-refractivity contribution in [1.82, 2.24) is 5.32 Å². The summed E-state index contributed by atoms with van der Waals surface area (Å²) in [6.45, 7) is 1.45. The fourth-order valence-electron chi connectivity index (χ4n) is 1.33. The second-order valence-corrected chi connectivity index (χ2v) is 3.74. The summed E-state index contributed by atoms with van der Waals surface area (Å²) >= 11 is 0. The maximum Gasteiger partial charge on any atom is 0.326 e. The Kier molecular flexibility index (Phi) is 4.89. The van der Waals surface area contributed by atoms with E-state index in [2.05, 4.69) is 0 Å². The third kappa shape index (κ3) is 3.37. The monoisotopic (exact) mass is 294 g/mol. The van der Waals surface area contributed by atoms with E-state index in [0.717, 1.165) is 0 Å². The molecule has 9 heteroatoms. The van der Waals surface area contributed by atoms with E-state index in [4.69, 9.17) is 5.11 Å². The van der Waals surface area contributed by atoms with Crippen LogP contribution in [0, 0.1) is 23.3 Å². The first-order valence-electron chi connectivity index (χ1n) is 5.41. The summed E-state index contributed by atoms with van der Waals surface area (Å²) in [6.07, 6.45) is 0.00519. The van der Waals surface area contributed by atoms with Crippen LogP contribution in [-0.4, -0.2) is 23.1 Å². The van der Waals surface area contributed by atoms with Crippen LogP contribution in [0.4, 0.5) is 28.0 Å². The minimum absolute atomic E-state index is 0.00519. The van der Waals surface area contributed by atoms with Crippen molar-refractivity contribution in [2.24, 2.45) is 0 Å². The summed E-state index contributed by atoms with van der Waals surface area (Å²) in [5, 5.41) is 12.1. The van der Waals surface area contributed by atoms with Crippen molar-refractivity contribution in [3.63, 3.8) is 0 Å². The first kappa shape index (κ1) is 15.7. The Morgan fingerprint density at radius 3 is 2.10 bits per heavy atom. The quantitative estimate of drug-likeness (QED) is 0.588. The number of carboxylic acids is 1. The third-order valence-corrected chi connectivity index (χ3v) is 2.36. The van der Waals surface area contributed by atoms with Gasteiger partial charge in [-0.2, -0.15) is 0 Å². The van der Waals surface area contributed by atoms with Crippen LogP contribution < -0.4 is 10.6 Å². The summed E-state index contributed by atoms with van der Waals surface area (Å²) in [5.74, 6) is -8.33. The molecule has 0 bridgehead atoms. The van der Waals surface area contributed by atoms with E-state index >= 15 is 0 Å². The highest BCUT2D eigenvalue weighted by Crippen LogP contribution is 2.23. The van der Waals surface area contributed by atoms with Crippen LogP contribution in [0.15, 0.2) is 6.07 Å². The molecule has 0 heterocycles. The lowest BCUT2D eigenvalue weighted by molar-refractivity contribution is -0.139. The van der Waals surface area contributed by atoms with Crippen molar-refractivity contribution >= 4 is 17.7 Å². The van der Waals surface area contributed by atoms with Gasteiger partial charge in [-0.05, 0) is 6.42 Å². The molecule has 1 unspecified atom stereocenters. The lowest BCUT2D eigenvalue weighted by atomic mass is 10.2. The number of aliphatic carboxylic acids is 1. The van der Waals surface area contributed by atoms with Gasteiger partial charge in [-0.1, -0.05) is 6.92 Å². The third-order valence-electron chi connectivity index (χ3n) is 2.36. The molecule has 1 aromatic rings. The lowest BCUT2D eigenvalue weighted by Gasteiger charge is -2.14. The predicted molar refractivity (Wildman–Crippen MR) is 60.1 cm³/mol. The first-order chi connectivity index (χ1) is 9.27. The molecule has 3 N–H and O–H groups in total. The van der Waals surface area contributed by atoms with Gasteiger partial charge in [-0.15, -0.1) is 0 Å². The highest BCUT2D eigenvalue weighted by Gasteiger charge is 2.23. The molecule has 0 aliphatic rings. The zero-order valence-corrected chi connectivity index (χ0v) is 10.1. The number of carbonyl (C=O) groups is 2. The van der Waals surface area contributed by atoms with Crippen LogP contribution in [0.2, 0.25) is 0 Å². The summed E-state index contributed by atoms with van der Waals surface area (Å²) in [7, 11) is 0. The van der Waals surface area contributed by atoms with Gasteiger partial charge >= 0.3 is 12.0 Å². The van der Waals surface area contributed by atoms with Gasteiger partial charge < -0.3 is 15.7 Å². The molecule has 0 fully saturated rings. The van der Waals surface area contributed by atoms with E-state index < -0.39 is 47.0 Å². The maximum absolute atomic E-state index is 13.2. The molecular weight excluding hydrogens is 284 g/mol. The summed E-state index contributed by atoms with van der Waals surface area (Å²) < 4.78 is 52.2. The van der Waals surface area contributed by atoms with Crippen molar-refractivity contribution < 1.29 is 32.3 Å². The fraction of sp³-hybridized carbons (Fsp3) is 0.273. The van der Waals surface area contributed by atoms with E-state index in [9.17, 15) is 27.2 Å². The Bertz CT molecular complexity index is 525. The normalized spacial score (nSPS) is 11.8. The molecule has 0 saturated carbocycles. The molecule has 0 radical (unpaired) electrons. The molecule has 2 amide bonds. The van der Waals surface area contributed by atoms with Gasteiger partial charge in [-0.25, -0.2) is 27.2 Å². The molecule has 5 nitrogen and oxygen atoms in total. The molecule has 0 aliphatic carbocycles. The molecule has 0 saturated heterocycles. The Labute approximate surface area is 110 Å². The number of rotatable bonds is 4. The number of halogens is 4. The fourth-order valence-corrected chi connectivity index (χ4v) is 1.33. The number of nitrogens with one attached hydrogen (secondary N) is 2. The van der Waals surface area contributed by atoms with Crippen LogP contribution in [-0.2, 0) is 4.79 Å². The molecule has 20 heavy (non-hydrogen) atoms. The van der Waals surface area contributed by atoms with Crippen LogP contribution in [0.5, 0.6) is 0 Å². The number of carboxylic acid groups (broad SMARTS) is 1. The summed E-state index contributed by atoms with van der Waals surface area (Å²) in [6, 6.07) is -2.62. The van der Waals surface area contributed by atoms with Crippen LogP contribution in [0.3, 0.4) is 0 Å². The molecule has 110 valence electrons. The molecule has 1 atom stereocenters. The van der Waals surface area contributed by atoms with E-state index in [1.165, 1.54) is 12.2 Å². The number of benzene rings is 1. The van der Waals surface area contributed by atoms with Gasteiger partial charge in [0.05, 0.1) is 0 Å². The Morgan fingerprint density at radius 1 is 1.20 bits per heavy atom. The topological polar surface area (TPSA) is 78.4 Å². The van der Waals surface area contributed by atoms with Crippen LogP contribution >= 0.6 is 0 Å². The van der Waals surface area contributed by atoms with E-state index in [1.807, 2.05) is 5.32 Å². The second kappa shape index (κ2) is 6.22. The van der Waals surface area contributed by atoms with Gasteiger partial charge in [0.25, 0.3) is 0 Å². The average molecular weight is 294 g/mol. The van der Waals surface area contributed by atoms with Gasteiger partial charge in [0.2, 0.25) is 0 Å². The SMILES string of the molecule is CCC(NC(=O)Nc1c(F)c(F)cc(F)c1F)C(=O)O. The smallest absolute Gasteiger partial charge is 0.326 e. The standard InChI is InChI=1S/C11H10F4N2O3/c1-2-6(10(18)19)16-11(20)17-9-7(14)4(12)3-5(13)8(9)15/h3,6H,2H2,1H3,(H,18,19)(H2,16,17,20). The largest absolute Gasteiger partial charge is 0.480 e. The molecular formula is C11H10F4N2O3. The van der Waals surface area contributed by atoms with Crippen molar-refractivity contribution in [2.45, 2.75) is 19.4 Å². The van der Waals surface area contributed by atoms with Crippen molar-refractivity contribution in [3.8, 4) is 0 Å². The van der Waals surface area contributed by atoms with Gasteiger partial charge in [0.1, 0.15) is 11.7 Å². The molecule has 0 aromatic heterocycles. The number of hydrogen-bond donors (Lipinski definition) is 3. The Hall–Kier alpha value is -2.32. The predicted octanol–water partition coefficient (Wildman–Crippen LogP) is 2.23. The highest BCUT2D eigenvalue weighted by molar-refractivity contribution is 5.92. The first-order valence-corrected chi connectivity index (χ1v) is 5.41. The number of anilines is 1. The highest BCUT2D eigenvalue weighted by atomic mass is 19.2. The number of hydrogen-bond acceptors (Lipinski definition) is 2. The number of amides is 2. The summed E-state index contributed by atoms with van der Waals surface area (Å²) in [5.41, 5.74) is -1.33. The van der Waals surface area contributed by atoms with Crippen LogP contribution in [0.25, 0.3) is 0 Å². The minimum Gasteiger partial charge on any atom is -0.480 e. The molecule has 0 aliphatic heterocycles. The molecule has 1 aromatic carbocycles. The van der Waals surface area contributed by atoms with E-state index in [-0.39, 0.29) is 12.5 Å². The zero-order valence-electron chi connectivity index (χ0n) is 10.1. The molecule has 0 spiro atoms. The van der Waals surface area contributed by atoms with E-state index in [0.29, 0.717) is 0 Å². The maximum atomic E-state index is 13.2. The van der Waals surface area contributed by atoms with Crippen molar-refractivity contribution in [1.29, 1.82) is 0 Å². The van der Waals surface area contributed by atoms with Gasteiger partial charge in [0.15, 0.2) is 23.3 Å². The van der Waals surface area contributed by atoms with Gasteiger partial charge in [0, 0.05) is 6.07 Å². The lowest BCUT2D eigenvalue weighted by Crippen LogP contribution is -2.42. The van der Waals surface area contributed by atoms with Gasteiger partial charge in [-0.3, -0.25) is 0 Å². The van der Waals surface area contributed by atoms with Crippen LogP contribution in [0.1, 0.15) is 13.3 Å². The number of urea groups is 1. The summed E-state index contributed by atoms with van der Waals surface area (Å²) in [4.78, 5) is 22.0. The zero-order chi connectivity index (χ0) is 15.4. The van der Waals surface area contributed by atoms with E-state index in [1.54, 1.807) is 0 Å². The second-order valence-electron chi connectivity index (χ2n) is 3.74. The average Bonchev–Trinajstić information content (AvgIpc) is 2.38. The van der Waals surface area contributed by atoms with Crippen molar-refractivity contribution in [2.75, 3.05) is 5.32 Å². The molecule has 1 rings (SSSR count). The number of carbonyl (C=O) groups excluding carboxylic acids is 1. The Balaban J connectivity index is 2.94. The minimum atomic E-state index is -1.79. The Morgan fingerprint density at radius 2 is 1.70 bits per heavy atom. The van der Waals surface area contributed by atoms with Crippen molar-refractivity contribution in [3.05, 3.63) is 29.3 Å².